The maximum absolute atomic E-state index is 8.76. The number of aliphatic hydroxyl groups is 1. The molecule has 0 saturated carbocycles. The molecule has 5 heteroatoms. The number of hydrogen-bond acceptors (Lipinski definition) is 4. The van der Waals surface area contributed by atoms with Crippen molar-refractivity contribution in [3.63, 3.8) is 0 Å². The van der Waals surface area contributed by atoms with Crippen LogP contribution in [0.1, 0.15) is 12.2 Å². The third-order valence-corrected chi connectivity index (χ3v) is 3.21. The second-order valence-electron chi connectivity index (χ2n) is 3.85. The van der Waals surface area contributed by atoms with Crippen molar-refractivity contribution in [2.24, 2.45) is 0 Å². The molecule has 2 rings (SSSR count). The lowest BCUT2D eigenvalue weighted by Gasteiger charge is -2.03. The Hall–Kier alpha value is -1.33. The van der Waals surface area contributed by atoms with Gasteiger partial charge in [0.1, 0.15) is 17.2 Å². The number of nitrogens with zero attached hydrogens (tertiary/aromatic N) is 1. The minimum Gasteiger partial charge on any atom is -0.496 e. The Morgan fingerprint density at radius 2 is 2.22 bits per heavy atom. The molecule has 1 aromatic carbocycles. The Balaban J connectivity index is 2.20. The highest BCUT2D eigenvalue weighted by Crippen LogP contribution is 2.30. The van der Waals surface area contributed by atoms with E-state index < -0.39 is 0 Å². The summed E-state index contributed by atoms with van der Waals surface area (Å²) in [6.07, 6.45) is 1.38. The standard InChI is InChI=1S/C13H14BrNO3/c1-17-13-5-4-9(7-11(13)14)12-8-10(18-15-12)3-2-6-16/h4-5,7-8,16H,2-3,6H2,1H3. The maximum Gasteiger partial charge on any atom is 0.137 e. The molecule has 2 aromatic rings. The molecule has 1 aromatic heterocycles. The topological polar surface area (TPSA) is 55.5 Å². The van der Waals surface area contributed by atoms with Crippen LogP contribution in [-0.2, 0) is 6.42 Å². The van der Waals surface area contributed by atoms with E-state index in [1.54, 1.807) is 7.11 Å². The third-order valence-electron chi connectivity index (χ3n) is 2.59. The summed E-state index contributed by atoms with van der Waals surface area (Å²) >= 11 is 3.44. The second-order valence-corrected chi connectivity index (χ2v) is 4.71. The Morgan fingerprint density at radius 1 is 1.39 bits per heavy atom. The average molecular weight is 312 g/mol. The number of methoxy groups -OCH3 is 1. The van der Waals surface area contributed by atoms with E-state index in [1.165, 1.54) is 0 Å². The van der Waals surface area contributed by atoms with E-state index in [1.807, 2.05) is 24.3 Å². The monoisotopic (exact) mass is 311 g/mol. The van der Waals surface area contributed by atoms with Crippen LogP contribution in [0.5, 0.6) is 5.75 Å². The fraction of sp³-hybridized carbons (Fsp3) is 0.308. The molecule has 0 atom stereocenters. The van der Waals surface area contributed by atoms with Gasteiger partial charge in [-0.3, -0.25) is 0 Å². The minimum absolute atomic E-state index is 0.157. The Morgan fingerprint density at radius 3 is 2.89 bits per heavy atom. The smallest absolute Gasteiger partial charge is 0.137 e. The van der Waals surface area contributed by atoms with Crippen LogP contribution in [0.2, 0.25) is 0 Å². The van der Waals surface area contributed by atoms with Gasteiger partial charge in [-0.25, -0.2) is 0 Å². The molecule has 0 spiro atoms. The van der Waals surface area contributed by atoms with Gasteiger partial charge in [-0.15, -0.1) is 0 Å². The van der Waals surface area contributed by atoms with Gasteiger partial charge in [0.25, 0.3) is 0 Å². The van der Waals surface area contributed by atoms with E-state index in [0.29, 0.717) is 12.8 Å². The molecule has 0 bridgehead atoms. The summed E-state index contributed by atoms with van der Waals surface area (Å²) in [7, 11) is 1.63. The summed E-state index contributed by atoms with van der Waals surface area (Å²) in [4.78, 5) is 0. The lowest BCUT2D eigenvalue weighted by Crippen LogP contribution is -1.86. The van der Waals surface area contributed by atoms with Gasteiger partial charge >= 0.3 is 0 Å². The van der Waals surface area contributed by atoms with Crippen LogP contribution < -0.4 is 4.74 Å². The largest absolute Gasteiger partial charge is 0.496 e. The number of hydrogen-bond donors (Lipinski definition) is 1. The van der Waals surface area contributed by atoms with Gasteiger partial charge in [-0.2, -0.15) is 0 Å². The molecule has 0 aliphatic rings. The number of rotatable bonds is 5. The third kappa shape index (κ3) is 2.91. The molecule has 0 amide bonds. The number of aliphatic hydroxyl groups excluding tert-OH is 1. The Bertz CT molecular complexity index is 525. The highest BCUT2D eigenvalue weighted by Gasteiger charge is 2.08. The van der Waals surface area contributed by atoms with Crippen molar-refractivity contribution in [1.82, 2.24) is 5.16 Å². The summed E-state index contributed by atoms with van der Waals surface area (Å²) in [5.74, 6) is 1.56. The zero-order valence-electron chi connectivity index (χ0n) is 10.0. The zero-order chi connectivity index (χ0) is 13.0. The highest BCUT2D eigenvalue weighted by atomic mass is 79.9. The number of benzene rings is 1. The van der Waals surface area contributed by atoms with Crippen molar-refractivity contribution in [3.8, 4) is 17.0 Å². The molecule has 1 N–H and O–H groups in total. The normalized spacial score (nSPS) is 10.6. The molecule has 1 heterocycles. The van der Waals surface area contributed by atoms with E-state index >= 15 is 0 Å². The van der Waals surface area contributed by atoms with E-state index in [2.05, 4.69) is 21.1 Å². The Labute approximate surface area is 114 Å². The summed E-state index contributed by atoms with van der Waals surface area (Å²) in [6, 6.07) is 7.63. The van der Waals surface area contributed by atoms with E-state index in [9.17, 15) is 0 Å². The molecule has 0 unspecified atom stereocenters. The summed E-state index contributed by atoms with van der Waals surface area (Å²) < 4.78 is 11.3. The molecule has 4 nitrogen and oxygen atoms in total. The average Bonchev–Trinajstić information content (AvgIpc) is 2.85. The summed E-state index contributed by atoms with van der Waals surface area (Å²) in [5.41, 5.74) is 1.74. The second kappa shape index (κ2) is 6.02. The van der Waals surface area contributed by atoms with Crippen LogP contribution in [0, 0.1) is 0 Å². The first kappa shape index (κ1) is 13.1. The first-order chi connectivity index (χ1) is 8.74. The minimum atomic E-state index is 0.157. The van der Waals surface area contributed by atoms with Crippen molar-refractivity contribution >= 4 is 15.9 Å². The number of aryl methyl sites for hydroxylation is 1. The molecule has 0 aliphatic heterocycles. The molecule has 0 radical (unpaired) electrons. The first-order valence-corrected chi connectivity index (χ1v) is 6.44. The highest BCUT2D eigenvalue weighted by molar-refractivity contribution is 9.10. The number of ether oxygens (including phenoxy) is 1. The van der Waals surface area contributed by atoms with Gasteiger partial charge in [-0.1, -0.05) is 5.16 Å². The van der Waals surface area contributed by atoms with Gasteiger partial charge in [0.2, 0.25) is 0 Å². The van der Waals surface area contributed by atoms with Crippen LogP contribution in [-0.4, -0.2) is 24.0 Å². The zero-order valence-corrected chi connectivity index (χ0v) is 11.6. The van der Waals surface area contributed by atoms with Crippen LogP contribution >= 0.6 is 15.9 Å². The van der Waals surface area contributed by atoms with E-state index in [0.717, 1.165) is 27.2 Å². The van der Waals surface area contributed by atoms with Gasteiger partial charge in [0, 0.05) is 24.7 Å². The summed E-state index contributed by atoms with van der Waals surface area (Å²) in [5, 5.41) is 12.8. The lowest BCUT2D eigenvalue weighted by molar-refractivity contribution is 0.280. The van der Waals surface area contributed by atoms with Crippen LogP contribution in [0.15, 0.2) is 33.3 Å². The molecule has 0 fully saturated rings. The maximum atomic E-state index is 8.76. The molecular formula is C13H14BrNO3. The SMILES string of the molecule is COc1ccc(-c2cc(CCCO)on2)cc1Br. The van der Waals surface area contributed by atoms with Gasteiger partial charge < -0.3 is 14.4 Å². The fourth-order valence-corrected chi connectivity index (χ4v) is 2.19. The lowest BCUT2D eigenvalue weighted by atomic mass is 10.1. The fourth-order valence-electron chi connectivity index (χ4n) is 1.65. The summed E-state index contributed by atoms with van der Waals surface area (Å²) in [6.45, 7) is 0.157. The van der Waals surface area contributed by atoms with Crippen molar-refractivity contribution in [1.29, 1.82) is 0 Å². The van der Waals surface area contributed by atoms with Crippen LogP contribution in [0.4, 0.5) is 0 Å². The molecular weight excluding hydrogens is 298 g/mol. The van der Waals surface area contributed by atoms with E-state index in [-0.39, 0.29) is 6.61 Å². The van der Waals surface area contributed by atoms with Crippen molar-refractivity contribution in [2.45, 2.75) is 12.8 Å². The van der Waals surface area contributed by atoms with Gasteiger partial charge in [0.05, 0.1) is 11.6 Å². The van der Waals surface area contributed by atoms with Crippen LogP contribution in [0.25, 0.3) is 11.3 Å². The van der Waals surface area contributed by atoms with Gasteiger partial charge in [0.15, 0.2) is 0 Å². The van der Waals surface area contributed by atoms with Crippen molar-refractivity contribution in [2.75, 3.05) is 13.7 Å². The van der Waals surface area contributed by atoms with Crippen molar-refractivity contribution in [3.05, 3.63) is 34.5 Å². The Kier molecular flexibility index (Phi) is 4.38. The molecule has 0 aliphatic carbocycles. The molecule has 96 valence electrons. The predicted molar refractivity (Wildman–Crippen MR) is 71.6 cm³/mol. The number of halogens is 1. The predicted octanol–water partition coefficient (Wildman–Crippen LogP) is 3.04. The van der Waals surface area contributed by atoms with Crippen molar-refractivity contribution < 1.29 is 14.4 Å². The molecule has 0 saturated heterocycles. The van der Waals surface area contributed by atoms with E-state index in [4.69, 9.17) is 14.4 Å². The number of aromatic nitrogens is 1. The molecule has 18 heavy (non-hydrogen) atoms. The quantitative estimate of drug-likeness (QED) is 0.922. The van der Waals surface area contributed by atoms with Gasteiger partial charge in [-0.05, 0) is 40.5 Å². The van der Waals surface area contributed by atoms with Crippen LogP contribution in [0.3, 0.4) is 0 Å². The first-order valence-electron chi connectivity index (χ1n) is 5.65.